The van der Waals surface area contributed by atoms with Crippen LogP contribution in [0.5, 0.6) is 5.75 Å². The Hall–Kier alpha value is -5.02. The molecule has 0 heterocycles. The number of amides is 3. The van der Waals surface area contributed by atoms with Gasteiger partial charge in [-0.15, -0.1) is 0 Å². The molecule has 0 spiro atoms. The lowest BCUT2D eigenvalue weighted by atomic mass is 10.1. The topological polar surface area (TPSA) is 179 Å². The van der Waals surface area contributed by atoms with Crippen LogP contribution in [0.15, 0.2) is 60.7 Å². The predicted molar refractivity (Wildman–Crippen MR) is 140 cm³/mol. The van der Waals surface area contributed by atoms with Crippen LogP contribution in [0.2, 0.25) is 5.02 Å². The Labute approximate surface area is 239 Å². The van der Waals surface area contributed by atoms with E-state index in [9.17, 15) is 52.7 Å². The van der Waals surface area contributed by atoms with Crippen molar-refractivity contribution in [2.24, 2.45) is 0 Å². The molecular formula is C26H20ClF3N4O8. The molecule has 0 bridgehead atoms. The van der Waals surface area contributed by atoms with Gasteiger partial charge in [0.05, 0.1) is 21.1 Å². The van der Waals surface area contributed by atoms with Crippen molar-refractivity contribution in [3.8, 4) is 5.75 Å². The van der Waals surface area contributed by atoms with Crippen molar-refractivity contribution in [3.05, 3.63) is 104 Å². The van der Waals surface area contributed by atoms with E-state index in [0.29, 0.717) is 11.6 Å². The summed E-state index contributed by atoms with van der Waals surface area (Å²) in [6.45, 7) is 1.04. The normalized spacial score (nSPS) is 11.8. The quantitative estimate of drug-likeness (QED) is 0.158. The Kier molecular flexibility index (Phi) is 9.49. The number of carbonyl (C=O) groups excluding carboxylic acids is 3. The Morgan fingerprint density at radius 1 is 1.02 bits per heavy atom. The summed E-state index contributed by atoms with van der Waals surface area (Å²) in [5, 5.41) is 32.3. The first kappa shape index (κ1) is 31.5. The molecule has 3 aromatic rings. The van der Waals surface area contributed by atoms with E-state index >= 15 is 0 Å². The number of aliphatic carboxylic acids is 1. The van der Waals surface area contributed by atoms with E-state index in [2.05, 4.69) is 10.7 Å². The van der Waals surface area contributed by atoms with E-state index in [-0.39, 0.29) is 40.0 Å². The van der Waals surface area contributed by atoms with Gasteiger partial charge in [-0.05, 0) is 48.9 Å². The van der Waals surface area contributed by atoms with Crippen molar-refractivity contribution in [1.29, 1.82) is 0 Å². The third-order valence-electron chi connectivity index (χ3n) is 5.63. The highest BCUT2D eigenvalue weighted by atomic mass is 35.5. The van der Waals surface area contributed by atoms with Gasteiger partial charge in [0, 0.05) is 29.8 Å². The number of hydrogen-bond donors (Lipinski definition) is 4. The maximum atomic E-state index is 13.4. The second-order valence-electron chi connectivity index (χ2n) is 8.71. The van der Waals surface area contributed by atoms with E-state index in [0.717, 1.165) is 25.1 Å². The molecule has 3 rings (SSSR count). The van der Waals surface area contributed by atoms with Crippen molar-refractivity contribution in [1.82, 2.24) is 15.8 Å². The predicted octanol–water partition coefficient (Wildman–Crippen LogP) is 4.16. The van der Waals surface area contributed by atoms with Crippen LogP contribution < -0.4 is 10.7 Å². The Morgan fingerprint density at radius 3 is 2.29 bits per heavy atom. The maximum absolute atomic E-state index is 13.4. The molecular weight excluding hydrogens is 589 g/mol. The molecule has 0 fully saturated rings. The second kappa shape index (κ2) is 12.7. The summed E-state index contributed by atoms with van der Waals surface area (Å²) in [4.78, 5) is 60.6. The minimum absolute atomic E-state index is 0.0164. The molecule has 3 aromatic carbocycles. The molecule has 42 heavy (non-hydrogen) atoms. The number of alkyl halides is 3. The van der Waals surface area contributed by atoms with E-state index in [4.69, 9.17) is 11.6 Å². The summed E-state index contributed by atoms with van der Waals surface area (Å²) in [5.41, 5.74) is -1.48. The minimum Gasteiger partial charge on any atom is -0.508 e. The fraction of sp³-hybridized carbons (Fsp3) is 0.154. The van der Waals surface area contributed by atoms with E-state index in [1.165, 1.54) is 12.1 Å². The number of rotatable bonds is 9. The fourth-order valence-electron chi connectivity index (χ4n) is 3.49. The molecule has 4 N–H and O–H groups in total. The third-order valence-corrected chi connectivity index (χ3v) is 5.94. The van der Waals surface area contributed by atoms with Gasteiger partial charge in [0.2, 0.25) is 0 Å². The smallest absolute Gasteiger partial charge is 0.416 e. The van der Waals surface area contributed by atoms with Crippen molar-refractivity contribution in [2.75, 3.05) is 0 Å². The highest BCUT2D eigenvalue weighted by Crippen LogP contribution is 2.33. The summed E-state index contributed by atoms with van der Waals surface area (Å²) >= 11 is 6.20. The maximum Gasteiger partial charge on any atom is 0.416 e. The molecule has 220 valence electrons. The molecule has 0 aliphatic rings. The molecule has 0 unspecified atom stereocenters. The van der Waals surface area contributed by atoms with E-state index < -0.39 is 63.2 Å². The average Bonchev–Trinajstić information content (AvgIpc) is 2.92. The second-order valence-corrected chi connectivity index (χ2v) is 9.11. The Morgan fingerprint density at radius 2 is 1.71 bits per heavy atom. The number of carboxylic acids is 1. The summed E-state index contributed by atoms with van der Waals surface area (Å²) in [7, 11) is 0. The SMILES string of the molecule is C[C@H](NN(C(=O)c1cc([N+](=O)[O-])cc(C(F)(F)F)c1)C(=O)c1ccc(C(=O)NCc2cccc(O)c2)cc1Cl)C(=O)O. The van der Waals surface area contributed by atoms with Gasteiger partial charge in [-0.3, -0.25) is 29.3 Å². The van der Waals surface area contributed by atoms with Crippen LogP contribution in [0, 0.1) is 10.1 Å². The van der Waals surface area contributed by atoms with Crippen molar-refractivity contribution < 1.29 is 47.5 Å². The lowest BCUT2D eigenvalue weighted by molar-refractivity contribution is -0.385. The standard InChI is InChI=1S/C26H20ClF3N4O8/c1-13(25(39)40)32-33(23(37)16-8-17(26(28,29)30)11-18(9-16)34(41)42)24(38)20-6-5-15(10-21(20)27)22(36)31-12-14-3-2-4-19(35)7-14/h2-11,13,32,35H,12H2,1H3,(H,31,36)(H,39,40)/t13-/m0/s1. The van der Waals surface area contributed by atoms with Gasteiger partial charge in [0.15, 0.2) is 0 Å². The monoisotopic (exact) mass is 608 g/mol. The number of nitro groups is 1. The number of aromatic hydroxyl groups is 1. The Balaban J connectivity index is 1.95. The number of phenolic OH excluding ortho intramolecular Hbond substituents is 1. The first-order chi connectivity index (χ1) is 19.6. The number of halogens is 4. The van der Waals surface area contributed by atoms with Crippen molar-refractivity contribution in [2.45, 2.75) is 25.7 Å². The number of non-ortho nitro benzene ring substituents is 1. The lowest BCUT2D eigenvalue weighted by Gasteiger charge is -2.24. The zero-order valence-corrected chi connectivity index (χ0v) is 22.1. The van der Waals surface area contributed by atoms with E-state index in [1.807, 2.05) is 0 Å². The molecule has 0 saturated carbocycles. The van der Waals surface area contributed by atoms with Crippen LogP contribution in [-0.4, -0.2) is 49.9 Å². The summed E-state index contributed by atoms with van der Waals surface area (Å²) < 4.78 is 40.1. The van der Waals surface area contributed by atoms with Gasteiger partial charge in [-0.25, -0.2) is 10.4 Å². The first-order valence-electron chi connectivity index (χ1n) is 11.7. The average molecular weight is 609 g/mol. The molecule has 0 radical (unpaired) electrons. The number of nitrogens with zero attached hydrogens (tertiary/aromatic N) is 2. The molecule has 12 nitrogen and oxygen atoms in total. The zero-order valence-electron chi connectivity index (χ0n) is 21.3. The minimum atomic E-state index is -5.10. The van der Waals surface area contributed by atoms with Crippen molar-refractivity contribution >= 4 is 41.0 Å². The van der Waals surface area contributed by atoms with Crippen LogP contribution in [0.3, 0.4) is 0 Å². The number of carbonyl (C=O) groups is 4. The first-order valence-corrected chi connectivity index (χ1v) is 12.1. The number of benzene rings is 3. The van der Waals surface area contributed by atoms with Crippen LogP contribution >= 0.6 is 11.6 Å². The van der Waals surface area contributed by atoms with Crippen LogP contribution in [0.25, 0.3) is 0 Å². The molecule has 0 aliphatic heterocycles. The van der Waals surface area contributed by atoms with Gasteiger partial charge in [-0.1, -0.05) is 23.7 Å². The summed E-state index contributed by atoms with van der Waals surface area (Å²) in [6, 6.07) is 8.62. The zero-order chi connectivity index (χ0) is 31.4. The van der Waals surface area contributed by atoms with Gasteiger partial charge in [-0.2, -0.15) is 13.2 Å². The van der Waals surface area contributed by atoms with E-state index in [1.54, 1.807) is 12.1 Å². The van der Waals surface area contributed by atoms with Crippen LogP contribution in [0.1, 0.15) is 49.1 Å². The fourth-order valence-corrected chi connectivity index (χ4v) is 3.75. The summed E-state index contributed by atoms with van der Waals surface area (Å²) in [5.74, 6) is -5.09. The highest BCUT2D eigenvalue weighted by molar-refractivity contribution is 6.34. The third kappa shape index (κ3) is 7.58. The number of hydrazine groups is 1. The van der Waals surface area contributed by atoms with Gasteiger partial charge < -0.3 is 15.5 Å². The molecule has 1 atom stereocenters. The van der Waals surface area contributed by atoms with Gasteiger partial charge in [0.25, 0.3) is 23.4 Å². The number of imide groups is 1. The number of hydrogen-bond acceptors (Lipinski definition) is 8. The number of nitrogens with one attached hydrogen (secondary N) is 2. The Bertz CT molecular complexity index is 1580. The van der Waals surface area contributed by atoms with Crippen LogP contribution in [-0.2, 0) is 17.5 Å². The highest BCUT2D eigenvalue weighted by Gasteiger charge is 2.36. The van der Waals surface area contributed by atoms with Gasteiger partial charge >= 0.3 is 12.1 Å². The van der Waals surface area contributed by atoms with Gasteiger partial charge in [0.1, 0.15) is 11.8 Å². The van der Waals surface area contributed by atoms with Crippen molar-refractivity contribution in [3.63, 3.8) is 0 Å². The molecule has 0 aromatic heterocycles. The number of nitro benzene ring substituents is 1. The van der Waals surface area contributed by atoms with Crippen LogP contribution in [0.4, 0.5) is 18.9 Å². The number of carboxylic acid groups (broad SMARTS) is 1. The molecule has 16 heteroatoms. The summed E-state index contributed by atoms with van der Waals surface area (Å²) in [6.07, 6.45) is -5.10. The lowest BCUT2D eigenvalue weighted by Crippen LogP contribution is -2.53. The molecule has 0 aliphatic carbocycles. The largest absolute Gasteiger partial charge is 0.508 e. The molecule has 3 amide bonds. The number of phenols is 1. The molecule has 0 saturated heterocycles.